The van der Waals surface area contributed by atoms with Crippen molar-refractivity contribution >= 4 is 28.9 Å². The number of benzene rings is 1. The molecule has 5 heteroatoms. The van der Waals surface area contributed by atoms with Gasteiger partial charge in [-0.2, -0.15) is 0 Å². The molecule has 2 rings (SSSR count). The Hall–Kier alpha value is -1.52. The van der Waals surface area contributed by atoms with Gasteiger partial charge in [0, 0.05) is 36.4 Å². The van der Waals surface area contributed by atoms with Gasteiger partial charge in [-0.1, -0.05) is 17.7 Å². The highest BCUT2D eigenvalue weighted by molar-refractivity contribution is 6.31. The maximum absolute atomic E-state index is 11.5. The third kappa shape index (κ3) is 3.49. The summed E-state index contributed by atoms with van der Waals surface area (Å²) in [6.45, 7) is 1.93. The molecule has 0 bridgehead atoms. The number of halogens is 1. The molecule has 0 spiro atoms. The summed E-state index contributed by atoms with van der Waals surface area (Å²) in [5.41, 5.74) is 3.02. The lowest BCUT2D eigenvalue weighted by molar-refractivity contribution is 0.254. The summed E-state index contributed by atoms with van der Waals surface area (Å²) < 4.78 is 0. The fraction of sp³-hybridized carbons (Fsp3) is 0.357. The van der Waals surface area contributed by atoms with Gasteiger partial charge in [0.15, 0.2) is 0 Å². The highest BCUT2D eigenvalue weighted by Crippen LogP contribution is 2.30. The van der Waals surface area contributed by atoms with Gasteiger partial charge in [0.2, 0.25) is 0 Å². The van der Waals surface area contributed by atoms with Crippen LogP contribution < -0.4 is 10.6 Å². The lowest BCUT2D eigenvalue weighted by Gasteiger charge is -2.23. The third-order valence-electron chi connectivity index (χ3n) is 3.22. The summed E-state index contributed by atoms with van der Waals surface area (Å²) in [5, 5.41) is 6.07. The normalized spacial score (nSPS) is 15.8. The van der Waals surface area contributed by atoms with Crippen LogP contribution in [0.3, 0.4) is 0 Å². The van der Waals surface area contributed by atoms with Gasteiger partial charge in [-0.15, -0.1) is 0 Å². The molecule has 0 fully saturated rings. The molecule has 19 heavy (non-hydrogen) atoms. The van der Waals surface area contributed by atoms with E-state index in [2.05, 4.69) is 28.7 Å². The largest absolute Gasteiger partial charge is 0.341 e. The molecule has 1 aliphatic heterocycles. The van der Waals surface area contributed by atoms with Crippen LogP contribution in [0.4, 0.5) is 10.5 Å². The molecule has 2 amide bonds. The molecule has 1 aromatic rings. The molecule has 0 saturated carbocycles. The van der Waals surface area contributed by atoms with Crippen molar-refractivity contribution in [3.8, 4) is 0 Å². The summed E-state index contributed by atoms with van der Waals surface area (Å²) in [7, 11) is 3.69. The molecule has 1 heterocycles. The maximum Gasteiger partial charge on any atom is 0.318 e. The lowest BCUT2D eigenvalue weighted by atomic mass is 9.98. The Bertz CT molecular complexity index is 513. The minimum absolute atomic E-state index is 0.225. The zero-order valence-electron chi connectivity index (χ0n) is 11.2. The average Bonchev–Trinajstić information content (AvgIpc) is 2.41. The molecule has 2 N–H and O–H groups in total. The average molecular weight is 280 g/mol. The predicted octanol–water partition coefficient (Wildman–Crippen LogP) is 2.81. The van der Waals surface area contributed by atoms with Crippen molar-refractivity contribution < 1.29 is 4.79 Å². The fourth-order valence-electron chi connectivity index (χ4n) is 2.09. The first-order chi connectivity index (χ1) is 9.10. The number of carbonyl (C=O) groups excluding carboxylic acids is 1. The monoisotopic (exact) mass is 279 g/mol. The lowest BCUT2D eigenvalue weighted by Crippen LogP contribution is -2.26. The van der Waals surface area contributed by atoms with E-state index in [1.165, 1.54) is 5.57 Å². The maximum atomic E-state index is 11.5. The van der Waals surface area contributed by atoms with Crippen molar-refractivity contribution in [3.05, 3.63) is 34.9 Å². The van der Waals surface area contributed by atoms with Crippen LogP contribution in [0.25, 0.3) is 5.57 Å². The molecular weight excluding hydrogens is 262 g/mol. The summed E-state index contributed by atoms with van der Waals surface area (Å²) in [5.74, 6) is 0. The highest BCUT2D eigenvalue weighted by Gasteiger charge is 2.14. The molecule has 102 valence electrons. The van der Waals surface area contributed by atoms with E-state index in [9.17, 15) is 4.79 Å². The number of nitrogens with zero attached hydrogens (tertiary/aromatic N) is 1. The first-order valence-corrected chi connectivity index (χ1v) is 6.64. The van der Waals surface area contributed by atoms with Crippen LogP contribution in [0, 0.1) is 0 Å². The van der Waals surface area contributed by atoms with E-state index in [1.54, 1.807) is 13.1 Å². The standard InChI is InChI=1S/C14H18ClN3O/c1-16-14(19)17-13-4-3-11(15)9-12(13)10-5-7-18(2)8-6-10/h3-5,9H,6-8H2,1-2H3,(H2,16,17,19). The third-order valence-corrected chi connectivity index (χ3v) is 3.45. The molecule has 0 aliphatic carbocycles. The van der Waals surface area contributed by atoms with Gasteiger partial charge in [-0.25, -0.2) is 4.79 Å². The number of hydrogen-bond donors (Lipinski definition) is 2. The summed E-state index contributed by atoms with van der Waals surface area (Å²) in [4.78, 5) is 13.7. The van der Waals surface area contributed by atoms with Crippen molar-refractivity contribution in [1.29, 1.82) is 0 Å². The summed E-state index contributed by atoms with van der Waals surface area (Å²) in [6, 6.07) is 5.30. The number of hydrogen-bond acceptors (Lipinski definition) is 2. The fourth-order valence-corrected chi connectivity index (χ4v) is 2.26. The van der Waals surface area contributed by atoms with Crippen LogP contribution in [0.5, 0.6) is 0 Å². The Kier molecular flexibility index (Phi) is 4.45. The number of urea groups is 1. The quantitative estimate of drug-likeness (QED) is 0.874. The summed E-state index contributed by atoms with van der Waals surface area (Å²) in [6.07, 6.45) is 3.14. The molecule has 1 aromatic carbocycles. The van der Waals surface area contributed by atoms with Crippen LogP contribution in [-0.2, 0) is 0 Å². The Labute approximate surface area is 118 Å². The van der Waals surface area contributed by atoms with Gasteiger partial charge >= 0.3 is 6.03 Å². The number of rotatable bonds is 2. The second kappa shape index (κ2) is 6.08. The van der Waals surface area contributed by atoms with Crippen LogP contribution in [0.2, 0.25) is 5.02 Å². The summed E-state index contributed by atoms with van der Waals surface area (Å²) >= 11 is 6.07. The van der Waals surface area contributed by atoms with Gasteiger partial charge in [-0.05, 0) is 37.2 Å². The Morgan fingerprint density at radius 2 is 2.21 bits per heavy atom. The molecule has 0 atom stereocenters. The molecule has 0 radical (unpaired) electrons. The van der Waals surface area contributed by atoms with Crippen molar-refractivity contribution in [2.45, 2.75) is 6.42 Å². The first kappa shape index (κ1) is 13.9. The van der Waals surface area contributed by atoms with E-state index >= 15 is 0 Å². The molecule has 1 aliphatic rings. The van der Waals surface area contributed by atoms with Gasteiger partial charge in [0.25, 0.3) is 0 Å². The van der Waals surface area contributed by atoms with Gasteiger partial charge < -0.3 is 15.5 Å². The van der Waals surface area contributed by atoms with Crippen LogP contribution in [-0.4, -0.2) is 38.1 Å². The van der Waals surface area contributed by atoms with Crippen molar-refractivity contribution in [1.82, 2.24) is 10.2 Å². The highest BCUT2D eigenvalue weighted by atomic mass is 35.5. The van der Waals surface area contributed by atoms with Crippen LogP contribution in [0.15, 0.2) is 24.3 Å². The number of likely N-dealkylation sites (N-methyl/N-ethyl adjacent to an activating group) is 1. The number of amides is 2. The van der Waals surface area contributed by atoms with Gasteiger partial charge in [0.1, 0.15) is 0 Å². The first-order valence-electron chi connectivity index (χ1n) is 6.26. The SMILES string of the molecule is CNC(=O)Nc1ccc(Cl)cc1C1=CCN(C)CC1. The van der Waals surface area contributed by atoms with E-state index in [4.69, 9.17) is 11.6 Å². The van der Waals surface area contributed by atoms with Gasteiger partial charge in [-0.3, -0.25) is 0 Å². The minimum Gasteiger partial charge on any atom is -0.341 e. The second-order valence-electron chi connectivity index (χ2n) is 4.64. The number of carbonyl (C=O) groups is 1. The van der Waals surface area contributed by atoms with E-state index in [-0.39, 0.29) is 6.03 Å². The zero-order chi connectivity index (χ0) is 13.8. The molecular formula is C14H18ClN3O. The van der Waals surface area contributed by atoms with Crippen LogP contribution in [0.1, 0.15) is 12.0 Å². The van der Waals surface area contributed by atoms with Crippen LogP contribution >= 0.6 is 11.6 Å². The van der Waals surface area contributed by atoms with E-state index in [1.807, 2.05) is 12.1 Å². The van der Waals surface area contributed by atoms with E-state index < -0.39 is 0 Å². The molecule has 0 aromatic heterocycles. The zero-order valence-corrected chi connectivity index (χ0v) is 11.9. The van der Waals surface area contributed by atoms with Crippen molar-refractivity contribution in [2.24, 2.45) is 0 Å². The topological polar surface area (TPSA) is 44.4 Å². The number of nitrogens with one attached hydrogen (secondary N) is 2. The number of anilines is 1. The molecule has 0 unspecified atom stereocenters. The van der Waals surface area contributed by atoms with Gasteiger partial charge in [0.05, 0.1) is 0 Å². The van der Waals surface area contributed by atoms with E-state index in [0.29, 0.717) is 5.02 Å². The predicted molar refractivity (Wildman–Crippen MR) is 79.6 cm³/mol. The second-order valence-corrected chi connectivity index (χ2v) is 5.07. The minimum atomic E-state index is -0.225. The smallest absolute Gasteiger partial charge is 0.318 e. The van der Waals surface area contributed by atoms with E-state index in [0.717, 1.165) is 30.8 Å². The Morgan fingerprint density at radius 1 is 1.42 bits per heavy atom. The molecule has 4 nitrogen and oxygen atoms in total. The Morgan fingerprint density at radius 3 is 2.84 bits per heavy atom. The molecule has 0 saturated heterocycles. The van der Waals surface area contributed by atoms with Crippen molar-refractivity contribution in [2.75, 3.05) is 32.5 Å². The Balaban J connectivity index is 2.32. The van der Waals surface area contributed by atoms with Crippen molar-refractivity contribution in [3.63, 3.8) is 0 Å².